The maximum absolute atomic E-state index is 13.2. The van der Waals surface area contributed by atoms with Crippen molar-refractivity contribution in [3.05, 3.63) is 58.7 Å². The van der Waals surface area contributed by atoms with Crippen LogP contribution in [0.5, 0.6) is 0 Å². The second kappa shape index (κ2) is 8.35. The van der Waals surface area contributed by atoms with Crippen molar-refractivity contribution in [2.24, 2.45) is 17.8 Å². The molecule has 0 saturated carbocycles. The molecule has 0 heterocycles. The predicted molar refractivity (Wildman–Crippen MR) is 109 cm³/mol. The highest BCUT2D eigenvalue weighted by molar-refractivity contribution is 5.99. The molecule has 4 atom stereocenters. The smallest absolute Gasteiger partial charge is 0.165 e. The first-order valence-electron chi connectivity index (χ1n) is 9.80. The van der Waals surface area contributed by atoms with Crippen LogP contribution in [0.15, 0.2) is 42.0 Å². The number of carbonyl (C=O) groups is 1. The van der Waals surface area contributed by atoms with Crippen LogP contribution in [-0.4, -0.2) is 17.0 Å². The Morgan fingerprint density at radius 3 is 2.23 bits per heavy atom. The lowest BCUT2D eigenvalue weighted by atomic mass is 9.75. The van der Waals surface area contributed by atoms with Gasteiger partial charge in [0, 0.05) is 11.8 Å². The topological polar surface area (TPSA) is 37.3 Å². The first kappa shape index (κ1) is 20.6. The number of aliphatic hydroxyl groups is 1. The highest BCUT2D eigenvalue weighted by atomic mass is 16.3. The van der Waals surface area contributed by atoms with Crippen LogP contribution in [0.1, 0.15) is 63.1 Å². The Balaban J connectivity index is 2.27. The molecule has 1 aliphatic carbocycles. The Morgan fingerprint density at radius 2 is 1.77 bits per heavy atom. The molecule has 1 aromatic rings. The van der Waals surface area contributed by atoms with Crippen LogP contribution in [0.2, 0.25) is 0 Å². The number of benzene rings is 1. The summed E-state index contributed by atoms with van der Waals surface area (Å²) < 4.78 is 0. The van der Waals surface area contributed by atoms with Crippen LogP contribution < -0.4 is 0 Å². The van der Waals surface area contributed by atoms with E-state index < -0.39 is 6.10 Å². The van der Waals surface area contributed by atoms with Crippen LogP contribution in [0.3, 0.4) is 0 Å². The maximum atomic E-state index is 13.2. The van der Waals surface area contributed by atoms with Crippen molar-refractivity contribution in [1.82, 2.24) is 0 Å². The molecule has 2 rings (SSSR count). The summed E-state index contributed by atoms with van der Waals surface area (Å²) in [5.74, 6) is 0.289. The van der Waals surface area contributed by atoms with Gasteiger partial charge in [-0.2, -0.15) is 0 Å². The molecule has 0 aromatic heterocycles. The minimum absolute atomic E-state index is 0.0404. The van der Waals surface area contributed by atoms with E-state index in [1.807, 2.05) is 0 Å². The van der Waals surface area contributed by atoms with Gasteiger partial charge in [-0.3, -0.25) is 4.79 Å². The van der Waals surface area contributed by atoms with E-state index in [2.05, 4.69) is 65.5 Å². The lowest BCUT2D eigenvalue weighted by Crippen LogP contribution is -2.31. The van der Waals surface area contributed by atoms with Gasteiger partial charge in [0.15, 0.2) is 5.78 Å². The molecule has 0 saturated heterocycles. The van der Waals surface area contributed by atoms with Crippen LogP contribution in [0.25, 0.3) is 0 Å². The molecule has 2 heteroatoms. The second-order valence-electron chi connectivity index (χ2n) is 8.45. The maximum Gasteiger partial charge on any atom is 0.165 e. The summed E-state index contributed by atoms with van der Waals surface area (Å²) in [4.78, 5) is 13.2. The Hall–Kier alpha value is -1.67. The number of allylic oxidation sites excluding steroid dienone is 2. The summed E-state index contributed by atoms with van der Waals surface area (Å²) in [7, 11) is 0. The normalized spacial score (nSPS) is 18.1. The Morgan fingerprint density at radius 1 is 1.15 bits per heavy atom. The van der Waals surface area contributed by atoms with E-state index in [1.165, 1.54) is 16.7 Å². The summed E-state index contributed by atoms with van der Waals surface area (Å²) in [6, 6.07) is 6.39. The first-order valence-corrected chi connectivity index (χ1v) is 9.80. The van der Waals surface area contributed by atoms with Gasteiger partial charge in [-0.05, 0) is 67.7 Å². The second-order valence-corrected chi connectivity index (χ2v) is 8.45. The standard InChI is InChI=1S/C24H34O2/c1-14(2)12-22(20-10-11-20)24(26)18(6)23(19(7)25)17(5)21-9-8-15(3)16(4)13-21/h8-10,13-14,17,19,22-23,25H,6,11-12H2,1-5,7H3/t17?,19?,22-,23-/m0/s1. The van der Waals surface area contributed by atoms with Crippen molar-refractivity contribution in [3.63, 3.8) is 0 Å². The Labute approximate surface area is 159 Å². The van der Waals surface area contributed by atoms with Gasteiger partial charge in [-0.1, -0.05) is 57.2 Å². The fourth-order valence-electron chi connectivity index (χ4n) is 3.90. The van der Waals surface area contributed by atoms with E-state index in [-0.39, 0.29) is 23.5 Å². The van der Waals surface area contributed by atoms with E-state index in [0.717, 1.165) is 18.4 Å². The third-order valence-electron chi connectivity index (χ3n) is 5.75. The highest BCUT2D eigenvalue weighted by Crippen LogP contribution is 2.39. The van der Waals surface area contributed by atoms with Crippen molar-refractivity contribution in [3.8, 4) is 0 Å². The summed E-state index contributed by atoms with van der Waals surface area (Å²) >= 11 is 0. The van der Waals surface area contributed by atoms with E-state index in [1.54, 1.807) is 6.92 Å². The lowest BCUT2D eigenvalue weighted by molar-refractivity contribution is -0.119. The fraction of sp³-hybridized carbons (Fsp3) is 0.542. The number of rotatable bonds is 9. The Bertz CT molecular complexity index is 709. The molecule has 26 heavy (non-hydrogen) atoms. The van der Waals surface area contributed by atoms with E-state index in [9.17, 15) is 9.90 Å². The van der Waals surface area contributed by atoms with Crippen LogP contribution >= 0.6 is 0 Å². The third-order valence-corrected chi connectivity index (χ3v) is 5.75. The zero-order valence-corrected chi connectivity index (χ0v) is 17.2. The van der Waals surface area contributed by atoms with Gasteiger partial charge in [0.25, 0.3) is 0 Å². The highest BCUT2D eigenvalue weighted by Gasteiger charge is 2.35. The third kappa shape index (κ3) is 4.73. The fourth-order valence-corrected chi connectivity index (χ4v) is 3.90. The number of aliphatic hydroxyl groups excluding tert-OH is 1. The lowest BCUT2D eigenvalue weighted by Gasteiger charge is -2.30. The van der Waals surface area contributed by atoms with Crippen molar-refractivity contribution < 1.29 is 9.90 Å². The van der Waals surface area contributed by atoms with Crippen molar-refractivity contribution in [2.45, 2.75) is 66.4 Å². The van der Waals surface area contributed by atoms with Gasteiger partial charge in [-0.25, -0.2) is 0 Å². The molecule has 0 bridgehead atoms. The van der Waals surface area contributed by atoms with Gasteiger partial charge in [-0.15, -0.1) is 0 Å². The zero-order chi connectivity index (χ0) is 19.6. The predicted octanol–water partition coefficient (Wildman–Crippen LogP) is 5.52. The zero-order valence-electron chi connectivity index (χ0n) is 17.2. The first-order chi connectivity index (χ1) is 12.1. The molecule has 2 nitrogen and oxygen atoms in total. The van der Waals surface area contributed by atoms with Crippen LogP contribution in [0.4, 0.5) is 0 Å². The molecule has 1 aliphatic rings. The molecule has 0 fully saturated rings. The molecular formula is C24H34O2. The molecule has 0 amide bonds. The van der Waals surface area contributed by atoms with Crippen LogP contribution in [0, 0.1) is 31.6 Å². The molecule has 142 valence electrons. The number of Topliss-reactive ketones (excluding diaryl/α,β-unsaturated/α-hetero) is 1. The molecule has 0 spiro atoms. The molecule has 1 N–H and O–H groups in total. The average Bonchev–Trinajstić information content (AvgIpc) is 3.38. The molecular weight excluding hydrogens is 320 g/mol. The van der Waals surface area contributed by atoms with Crippen LogP contribution in [-0.2, 0) is 4.79 Å². The SMILES string of the molecule is C=C(C(=O)[C@@H](CC(C)C)C1=CC1)[C@@H](C(C)O)C(C)c1ccc(C)c(C)c1. The molecule has 0 aliphatic heterocycles. The molecule has 0 radical (unpaired) electrons. The summed E-state index contributed by atoms with van der Waals surface area (Å²) in [6.07, 6.45) is 3.33. The van der Waals surface area contributed by atoms with E-state index in [4.69, 9.17) is 0 Å². The average molecular weight is 355 g/mol. The molecule has 2 unspecified atom stereocenters. The van der Waals surface area contributed by atoms with Gasteiger partial charge in [0.05, 0.1) is 6.10 Å². The number of ketones is 1. The number of hydrogen-bond donors (Lipinski definition) is 1. The minimum Gasteiger partial charge on any atom is -0.393 e. The number of carbonyl (C=O) groups excluding carboxylic acids is 1. The summed E-state index contributed by atoms with van der Waals surface area (Å²) in [5.41, 5.74) is 5.45. The van der Waals surface area contributed by atoms with E-state index in [0.29, 0.717) is 11.5 Å². The van der Waals surface area contributed by atoms with Crippen molar-refractivity contribution in [1.29, 1.82) is 0 Å². The quantitative estimate of drug-likeness (QED) is 0.468. The van der Waals surface area contributed by atoms with Gasteiger partial charge in [0.2, 0.25) is 0 Å². The number of aryl methyl sites for hydroxylation is 2. The van der Waals surface area contributed by atoms with Crippen molar-refractivity contribution in [2.75, 3.05) is 0 Å². The minimum atomic E-state index is -0.615. The Kier molecular flexibility index (Phi) is 6.63. The van der Waals surface area contributed by atoms with E-state index >= 15 is 0 Å². The van der Waals surface area contributed by atoms with Gasteiger partial charge in [0.1, 0.15) is 0 Å². The monoisotopic (exact) mass is 354 g/mol. The molecule has 1 aromatic carbocycles. The largest absolute Gasteiger partial charge is 0.393 e. The van der Waals surface area contributed by atoms with Crippen molar-refractivity contribution >= 4 is 5.78 Å². The van der Waals surface area contributed by atoms with Gasteiger partial charge >= 0.3 is 0 Å². The summed E-state index contributed by atoms with van der Waals surface area (Å²) in [5, 5.41) is 10.5. The summed E-state index contributed by atoms with van der Waals surface area (Å²) in [6.45, 7) is 16.5. The van der Waals surface area contributed by atoms with Gasteiger partial charge < -0.3 is 5.11 Å². The number of hydrogen-bond acceptors (Lipinski definition) is 2.